The van der Waals surface area contributed by atoms with Gasteiger partial charge in [0.15, 0.2) is 0 Å². The van der Waals surface area contributed by atoms with E-state index in [4.69, 9.17) is 0 Å². The Hall–Kier alpha value is -2.04. The van der Waals surface area contributed by atoms with Crippen LogP contribution in [0.3, 0.4) is 0 Å². The zero-order valence-electron chi connectivity index (χ0n) is 15.5. The zero-order chi connectivity index (χ0) is 18.0. The molecule has 1 aromatic rings. The maximum atomic E-state index is 12.7. The molecule has 1 aromatic carbocycles. The van der Waals surface area contributed by atoms with Crippen LogP contribution in [0.15, 0.2) is 18.2 Å². The molecule has 5 heteroatoms. The summed E-state index contributed by atoms with van der Waals surface area (Å²) >= 11 is 0. The van der Waals surface area contributed by atoms with Crippen LogP contribution in [-0.2, 0) is 4.79 Å². The van der Waals surface area contributed by atoms with Crippen molar-refractivity contribution in [1.29, 1.82) is 0 Å². The fourth-order valence-corrected chi connectivity index (χ4v) is 3.90. The first-order valence-corrected chi connectivity index (χ1v) is 9.44. The number of amides is 3. The van der Waals surface area contributed by atoms with Crippen molar-refractivity contribution in [2.24, 2.45) is 0 Å². The molecule has 5 nitrogen and oxygen atoms in total. The molecule has 2 atom stereocenters. The van der Waals surface area contributed by atoms with Gasteiger partial charge in [-0.05, 0) is 62.8 Å². The number of carbonyl (C=O) groups excluding carboxylic acids is 2. The van der Waals surface area contributed by atoms with Crippen LogP contribution in [0, 0.1) is 13.8 Å². The van der Waals surface area contributed by atoms with E-state index in [1.165, 1.54) is 17.5 Å². The van der Waals surface area contributed by atoms with Gasteiger partial charge < -0.3 is 15.1 Å². The van der Waals surface area contributed by atoms with Gasteiger partial charge in [0.1, 0.15) is 0 Å². The van der Waals surface area contributed by atoms with Crippen LogP contribution in [0.1, 0.15) is 50.2 Å². The van der Waals surface area contributed by atoms with Crippen LogP contribution in [0.5, 0.6) is 0 Å². The Balaban J connectivity index is 1.64. The number of nitrogens with one attached hydrogen (secondary N) is 1. The third kappa shape index (κ3) is 3.80. The summed E-state index contributed by atoms with van der Waals surface area (Å²) in [5.41, 5.74) is 3.32. The van der Waals surface area contributed by atoms with Gasteiger partial charge in [-0.1, -0.05) is 13.0 Å². The van der Waals surface area contributed by atoms with Crippen LogP contribution < -0.4 is 10.2 Å². The van der Waals surface area contributed by atoms with Gasteiger partial charge in [0.2, 0.25) is 5.91 Å². The van der Waals surface area contributed by atoms with Gasteiger partial charge in [0.05, 0.1) is 6.04 Å². The number of anilines is 1. The van der Waals surface area contributed by atoms with Crippen molar-refractivity contribution in [3.8, 4) is 0 Å². The lowest BCUT2D eigenvalue weighted by Crippen LogP contribution is -2.51. The highest BCUT2D eigenvalue weighted by atomic mass is 16.2. The van der Waals surface area contributed by atoms with E-state index in [0.29, 0.717) is 19.0 Å². The second-order valence-corrected chi connectivity index (χ2v) is 7.37. The highest BCUT2D eigenvalue weighted by Crippen LogP contribution is 2.25. The molecule has 0 bridgehead atoms. The first-order valence-electron chi connectivity index (χ1n) is 9.44. The van der Waals surface area contributed by atoms with Crippen LogP contribution in [-0.4, -0.2) is 42.0 Å². The summed E-state index contributed by atoms with van der Waals surface area (Å²) in [6, 6.07) is 6.30. The molecular weight excluding hydrogens is 314 g/mol. The summed E-state index contributed by atoms with van der Waals surface area (Å²) < 4.78 is 0. The molecule has 0 unspecified atom stereocenters. The van der Waals surface area contributed by atoms with Crippen LogP contribution in [0.25, 0.3) is 0 Å². The van der Waals surface area contributed by atoms with Crippen molar-refractivity contribution < 1.29 is 9.59 Å². The van der Waals surface area contributed by atoms with Gasteiger partial charge in [-0.15, -0.1) is 0 Å². The Morgan fingerprint density at radius 3 is 2.76 bits per heavy atom. The van der Waals surface area contributed by atoms with E-state index >= 15 is 0 Å². The van der Waals surface area contributed by atoms with Crippen molar-refractivity contribution in [3.05, 3.63) is 29.3 Å². The number of hydrogen-bond donors (Lipinski definition) is 1. The number of urea groups is 1. The number of nitrogens with zero attached hydrogens (tertiary/aromatic N) is 2. The van der Waals surface area contributed by atoms with Crippen molar-refractivity contribution in [3.63, 3.8) is 0 Å². The lowest BCUT2D eigenvalue weighted by molar-refractivity contribution is -0.117. The standard InChI is InChI=1S/C20H29N3O2/c1-4-17-7-5-6-10-22(17)20(25)21-16-12-19(24)23(13-16)18-9-8-14(2)15(3)11-18/h8-9,11,16-17H,4-7,10,12-13H2,1-3H3,(H,21,25)/t16-,17+/m1/s1. The summed E-state index contributed by atoms with van der Waals surface area (Å²) in [6.45, 7) is 7.64. The van der Waals surface area contributed by atoms with Crippen LogP contribution in [0.4, 0.5) is 10.5 Å². The summed E-state index contributed by atoms with van der Waals surface area (Å²) in [7, 11) is 0. The second-order valence-electron chi connectivity index (χ2n) is 7.37. The largest absolute Gasteiger partial charge is 0.333 e. The van der Waals surface area contributed by atoms with Crippen molar-refractivity contribution >= 4 is 17.6 Å². The number of aryl methyl sites for hydroxylation is 2. The van der Waals surface area contributed by atoms with Gasteiger partial charge in [-0.25, -0.2) is 4.79 Å². The maximum absolute atomic E-state index is 12.7. The van der Waals surface area contributed by atoms with E-state index in [1.54, 1.807) is 4.90 Å². The highest BCUT2D eigenvalue weighted by Gasteiger charge is 2.34. The van der Waals surface area contributed by atoms with E-state index in [9.17, 15) is 9.59 Å². The molecule has 0 saturated carbocycles. The monoisotopic (exact) mass is 343 g/mol. The fourth-order valence-electron chi connectivity index (χ4n) is 3.90. The van der Waals surface area contributed by atoms with Crippen molar-refractivity contribution in [2.75, 3.05) is 18.0 Å². The molecule has 25 heavy (non-hydrogen) atoms. The lowest BCUT2D eigenvalue weighted by Gasteiger charge is -2.35. The molecule has 0 radical (unpaired) electrons. The lowest BCUT2D eigenvalue weighted by atomic mass is 10.0. The maximum Gasteiger partial charge on any atom is 0.317 e. The Bertz CT molecular complexity index is 658. The van der Waals surface area contributed by atoms with Gasteiger partial charge in [-0.3, -0.25) is 4.79 Å². The Morgan fingerprint density at radius 2 is 2.04 bits per heavy atom. The molecule has 2 aliphatic heterocycles. The minimum atomic E-state index is -0.110. The Morgan fingerprint density at radius 1 is 1.24 bits per heavy atom. The van der Waals surface area contributed by atoms with Gasteiger partial charge >= 0.3 is 6.03 Å². The molecule has 136 valence electrons. The normalized spacial score (nSPS) is 23.9. The number of piperidine rings is 1. The van der Waals surface area contributed by atoms with E-state index in [-0.39, 0.29) is 18.0 Å². The SMILES string of the molecule is CC[C@H]1CCCCN1C(=O)N[C@@H]1CC(=O)N(c2ccc(C)c(C)c2)C1. The number of likely N-dealkylation sites (tertiary alicyclic amines) is 1. The van der Waals surface area contributed by atoms with E-state index in [2.05, 4.69) is 32.2 Å². The Kier molecular flexibility index (Phi) is 5.30. The summed E-state index contributed by atoms with van der Waals surface area (Å²) in [5, 5.41) is 3.09. The zero-order valence-corrected chi connectivity index (χ0v) is 15.5. The molecule has 2 fully saturated rings. The van der Waals surface area contributed by atoms with Gasteiger partial charge in [-0.2, -0.15) is 0 Å². The second kappa shape index (κ2) is 7.46. The third-order valence-electron chi connectivity index (χ3n) is 5.61. The molecule has 2 heterocycles. The Labute approximate surface area is 150 Å². The average Bonchev–Trinajstić information content (AvgIpc) is 2.97. The smallest absolute Gasteiger partial charge is 0.317 e. The number of rotatable bonds is 3. The van der Waals surface area contributed by atoms with E-state index < -0.39 is 0 Å². The number of carbonyl (C=O) groups is 2. The van der Waals surface area contributed by atoms with Gasteiger partial charge in [0, 0.05) is 31.2 Å². The average molecular weight is 343 g/mol. The van der Waals surface area contributed by atoms with E-state index in [0.717, 1.165) is 31.5 Å². The molecule has 0 aromatic heterocycles. The fraction of sp³-hybridized carbons (Fsp3) is 0.600. The molecule has 2 saturated heterocycles. The van der Waals surface area contributed by atoms with Crippen molar-refractivity contribution in [1.82, 2.24) is 10.2 Å². The third-order valence-corrected chi connectivity index (χ3v) is 5.61. The number of hydrogen-bond acceptors (Lipinski definition) is 2. The minimum absolute atomic E-state index is 0.00807. The molecule has 0 aliphatic carbocycles. The quantitative estimate of drug-likeness (QED) is 0.915. The van der Waals surface area contributed by atoms with Gasteiger partial charge in [0.25, 0.3) is 0 Å². The molecule has 0 spiro atoms. The summed E-state index contributed by atoms with van der Waals surface area (Å²) in [6.07, 6.45) is 4.73. The molecule has 1 N–H and O–H groups in total. The van der Waals surface area contributed by atoms with Crippen LogP contribution in [0.2, 0.25) is 0 Å². The molecule has 3 rings (SSSR count). The van der Waals surface area contributed by atoms with Crippen molar-refractivity contribution in [2.45, 2.75) is 65.0 Å². The minimum Gasteiger partial charge on any atom is -0.333 e. The van der Waals surface area contributed by atoms with Crippen LogP contribution >= 0.6 is 0 Å². The molecular formula is C20H29N3O2. The molecule has 3 amide bonds. The topological polar surface area (TPSA) is 52.7 Å². The predicted molar refractivity (Wildman–Crippen MR) is 99.8 cm³/mol. The first-order chi connectivity index (χ1) is 12.0. The first kappa shape index (κ1) is 17.8. The predicted octanol–water partition coefficient (Wildman–Crippen LogP) is 3.38. The summed E-state index contributed by atoms with van der Waals surface area (Å²) in [4.78, 5) is 28.8. The summed E-state index contributed by atoms with van der Waals surface area (Å²) in [5.74, 6) is 0.0826. The van der Waals surface area contributed by atoms with E-state index in [1.807, 2.05) is 17.0 Å². The number of benzene rings is 1. The molecule has 2 aliphatic rings. The highest BCUT2D eigenvalue weighted by molar-refractivity contribution is 5.97.